The summed E-state index contributed by atoms with van der Waals surface area (Å²) in [6.07, 6.45) is 1.84. The zero-order valence-corrected chi connectivity index (χ0v) is 23.5. The molecule has 1 aliphatic heterocycles. The van der Waals surface area contributed by atoms with Crippen molar-refractivity contribution in [3.63, 3.8) is 0 Å². The van der Waals surface area contributed by atoms with Crippen LogP contribution in [0.1, 0.15) is 52.7 Å². The summed E-state index contributed by atoms with van der Waals surface area (Å²) >= 11 is 14.4. The summed E-state index contributed by atoms with van der Waals surface area (Å²) in [5.74, 6) is -0.910. The maximum Gasteiger partial charge on any atom is 0.303 e. The van der Waals surface area contributed by atoms with E-state index in [1.165, 1.54) is 11.3 Å². The summed E-state index contributed by atoms with van der Waals surface area (Å²) in [7, 11) is 0. The van der Waals surface area contributed by atoms with Crippen LogP contribution >= 0.6 is 34.5 Å². The maximum atomic E-state index is 12.9. The van der Waals surface area contributed by atoms with E-state index in [1.807, 2.05) is 24.3 Å². The number of carbonyl (C=O) groups is 3. The average molecular weight is 602 g/mol. The second kappa shape index (κ2) is 12.5. The molecule has 0 bridgehead atoms. The fourth-order valence-corrected chi connectivity index (χ4v) is 6.01. The smallest absolute Gasteiger partial charge is 0.303 e. The van der Waals surface area contributed by atoms with Crippen LogP contribution in [0, 0.1) is 0 Å². The normalized spacial score (nSPS) is 15.5. The highest BCUT2D eigenvalue weighted by Gasteiger charge is 2.30. The van der Waals surface area contributed by atoms with Crippen molar-refractivity contribution in [2.24, 2.45) is 0 Å². The number of amides is 1. The molecule has 40 heavy (non-hydrogen) atoms. The quantitative estimate of drug-likeness (QED) is 0.204. The topological polar surface area (TPSA) is 122 Å². The first-order chi connectivity index (χ1) is 19.3. The molecule has 1 fully saturated rings. The lowest BCUT2D eigenvalue weighted by Crippen LogP contribution is -2.27. The maximum absolute atomic E-state index is 12.9. The Kier molecular flexibility index (Phi) is 8.82. The number of nitrogens with one attached hydrogen (secondary N) is 1. The molecule has 0 aliphatic carbocycles. The van der Waals surface area contributed by atoms with Crippen molar-refractivity contribution >= 4 is 68.0 Å². The highest BCUT2D eigenvalue weighted by atomic mass is 35.5. The summed E-state index contributed by atoms with van der Waals surface area (Å²) in [4.78, 5) is 42.3. The van der Waals surface area contributed by atoms with Crippen LogP contribution in [0.3, 0.4) is 0 Å². The number of anilines is 1. The number of nitrogens with zero attached hydrogens (tertiary/aromatic N) is 2. The Balaban J connectivity index is 1.17. The highest BCUT2D eigenvalue weighted by molar-refractivity contribution is 7.17. The second-order valence-electron chi connectivity index (χ2n) is 9.42. The van der Waals surface area contributed by atoms with E-state index in [4.69, 9.17) is 37.7 Å². The molecule has 12 heteroatoms. The standard InChI is InChI=1S/C28H25Cl2N3O6S/c29-21-13-23(31-28(37)20-15-40-26-6-2-1-4-19(20)26)22(30)11-16(21)10-17(34)14-38-33-9-3-5-25(33)24-12-18(39-32-24)7-8-27(35)36/h1-2,4,6,11-13,15,25H,3,5,7-10,14H2,(H,31,37)(H,35,36)/t25-/m0/s1. The van der Waals surface area contributed by atoms with E-state index in [2.05, 4.69) is 10.5 Å². The Labute approximate surface area is 243 Å². The lowest BCUT2D eigenvalue weighted by molar-refractivity contribution is -0.177. The third kappa shape index (κ3) is 6.54. The first-order valence-electron chi connectivity index (χ1n) is 12.6. The van der Waals surface area contributed by atoms with Crippen LogP contribution in [0.15, 0.2) is 52.4 Å². The molecular weight excluding hydrogens is 577 g/mol. The second-order valence-corrected chi connectivity index (χ2v) is 11.1. The van der Waals surface area contributed by atoms with Gasteiger partial charge in [0, 0.05) is 45.9 Å². The molecule has 2 N–H and O–H groups in total. The molecule has 1 atom stereocenters. The van der Waals surface area contributed by atoms with Crippen molar-refractivity contribution in [3.8, 4) is 0 Å². The average Bonchev–Trinajstić information content (AvgIpc) is 3.68. The first kappa shape index (κ1) is 28.3. The number of hydrogen-bond donors (Lipinski definition) is 2. The molecule has 0 unspecified atom stereocenters. The van der Waals surface area contributed by atoms with Crippen LogP contribution < -0.4 is 5.32 Å². The molecule has 3 heterocycles. The van der Waals surface area contributed by atoms with E-state index in [9.17, 15) is 14.4 Å². The predicted octanol–water partition coefficient (Wildman–Crippen LogP) is 6.35. The molecule has 4 aromatic rings. The minimum atomic E-state index is -0.907. The van der Waals surface area contributed by atoms with Crippen molar-refractivity contribution in [1.82, 2.24) is 10.2 Å². The number of aryl methyl sites for hydroxylation is 1. The van der Waals surface area contributed by atoms with E-state index in [-0.39, 0.29) is 48.6 Å². The lowest BCUT2D eigenvalue weighted by Gasteiger charge is -2.21. The number of halogens is 2. The van der Waals surface area contributed by atoms with Crippen molar-refractivity contribution < 1.29 is 28.9 Å². The number of carboxylic acids is 1. The van der Waals surface area contributed by atoms with Crippen LogP contribution in [0.2, 0.25) is 10.0 Å². The Bertz CT molecular complexity index is 1570. The monoisotopic (exact) mass is 601 g/mol. The van der Waals surface area contributed by atoms with Crippen LogP contribution in [0.25, 0.3) is 10.1 Å². The molecule has 0 radical (unpaired) electrons. The van der Waals surface area contributed by atoms with Gasteiger partial charge in [0.05, 0.1) is 28.7 Å². The molecule has 2 aromatic heterocycles. The summed E-state index contributed by atoms with van der Waals surface area (Å²) in [6, 6.07) is 12.3. The number of Topliss-reactive ketones (excluding diaryl/α,β-unsaturated/α-hetero) is 1. The van der Waals surface area contributed by atoms with Crippen LogP contribution in [-0.4, -0.2) is 46.1 Å². The molecule has 1 saturated heterocycles. The van der Waals surface area contributed by atoms with E-state index in [0.717, 1.165) is 22.9 Å². The summed E-state index contributed by atoms with van der Waals surface area (Å²) in [6.45, 7) is 0.452. The van der Waals surface area contributed by atoms with Gasteiger partial charge in [-0.3, -0.25) is 19.2 Å². The number of carbonyl (C=O) groups excluding carboxylic acids is 2. The van der Waals surface area contributed by atoms with Crippen molar-refractivity contribution in [1.29, 1.82) is 0 Å². The first-order valence-corrected chi connectivity index (χ1v) is 14.3. The fraction of sp³-hybridized carbons (Fsp3) is 0.286. The number of thiophene rings is 1. The van der Waals surface area contributed by atoms with Crippen LogP contribution in [0.5, 0.6) is 0 Å². The molecule has 208 valence electrons. The van der Waals surface area contributed by atoms with E-state index in [1.54, 1.807) is 28.6 Å². The molecule has 9 nitrogen and oxygen atoms in total. The zero-order valence-electron chi connectivity index (χ0n) is 21.2. The SMILES string of the molecule is O=C(O)CCc1cc([C@@H]2CCCN2OCC(=O)Cc2cc(Cl)c(NC(=O)c3csc4ccccc34)cc2Cl)no1. The van der Waals surface area contributed by atoms with Gasteiger partial charge in [0.25, 0.3) is 5.91 Å². The van der Waals surface area contributed by atoms with Gasteiger partial charge in [-0.25, -0.2) is 0 Å². The van der Waals surface area contributed by atoms with Crippen LogP contribution in [-0.2, 0) is 27.3 Å². The van der Waals surface area contributed by atoms with Crippen molar-refractivity contribution in [3.05, 3.63) is 80.5 Å². The summed E-state index contributed by atoms with van der Waals surface area (Å²) in [5.41, 5.74) is 2.08. The molecule has 0 spiro atoms. The molecule has 1 amide bonds. The number of ketones is 1. The van der Waals surface area contributed by atoms with Gasteiger partial charge in [0.2, 0.25) is 0 Å². The van der Waals surface area contributed by atoms with E-state index >= 15 is 0 Å². The van der Waals surface area contributed by atoms with Gasteiger partial charge < -0.3 is 14.9 Å². The van der Waals surface area contributed by atoms with Gasteiger partial charge in [-0.2, -0.15) is 5.06 Å². The minimum absolute atomic E-state index is 0.00372. The number of rotatable bonds is 11. The molecule has 5 rings (SSSR count). The Morgan fingerprint density at radius 3 is 2.83 bits per heavy atom. The largest absolute Gasteiger partial charge is 0.481 e. The number of aliphatic carboxylic acids is 1. The van der Waals surface area contributed by atoms with Gasteiger partial charge in [-0.05, 0) is 36.6 Å². The number of aromatic nitrogens is 1. The van der Waals surface area contributed by atoms with Gasteiger partial charge in [0.15, 0.2) is 5.78 Å². The number of hydroxylamine groups is 2. The summed E-state index contributed by atoms with van der Waals surface area (Å²) < 4.78 is 6.27. The van der Waals surface area contributed by atoms with Gasteiger partial charge in [-0.1, -0.05) is 46.6 Å². The van der Waals surface area contributed by atoms with E-state index in [0.29, 0.717) is 39.8 Å². The number of fused-ring (bicyclic) bond motifs is 1. The van der Waals surface area contributed by atoms with Crippen molar-refractivity contribution in [2.45, 2.75) is 38.1 Å². The van der Waals surface area contributed by atoms with Gasteiger partial charge in [-0.15, -0.1) is 11.3 Å². The third-order valence-corrected chi connectivity index (χ3v) is 8.22. The van der Waals surface area contributed by atoms with Crippen molar-refractivity contribution in [2.75, 3.05) is 18.5 Å². The predicted molar refractivity (Wildman–Crippen MR) is 152 cm³/mol. The zero-order chi connectivity index (χ0) is 28.2. The van der Waals surface area contributed by atoms with E-state index < -0.39 is 5.97 Å². The lowest BCUT2D eigenvalue weighted by atomic mass is 10.1. The van der Waals surface area contributed by atoms with Gasteiger partial charge >= 0.3 is 5.97 Å². The Hall–Kier alpha value is -3.28. The van der Waals surface area contributed by atoms with Crippen LogP contribution in [0.4, 0.5) is 5.69 Å². The van der Waals surface area contributed by atoms with Gasteiger partial charge in [0.1, 0.15) is 18.1 Å². The Morgan fingerprint density at radius 2 is 2.00 bits per heavy atom. The highest BCUT2D eigenvalue weighted by Crippen LogP contribution is 2.33. The summed E-state index contributed by atoms with van der Waals surface area (Å²) in [5, 5.41) is 20.7. The molecule has 2 aromatic carbocycles. The fourth-order valence-electron chi connectivity index (χ4n) is 4.61. The molecular formula is C28H25Cl2N3O6S. The minimum Gasteiger partial charge on any atom is -0.481 e. The third-order valence-electron chi connectivity index (χ3n) is 6.60. The Morgan fingerprint density at radius 1 is 1.18 bits per heavy atom. The molecule has 0 saturated carbocycles. The number of hydrogen-bond acceptors (Lipinski definition) is 8. The molecule has 1 aliphatic rings. The number of benzene rings is 2. The number of carboxylic acid groups (broad SMARTS) is 1.